The maximum Gasteiger partial charge on any atom is 0.0575 e. The zero-order valence-corrected chi connectivity index (χ0v) is 5.16. The van der Waals surface area contributed by atoms with Crippen molar-refractivity contribution in [1.29, 1.82) is 0 Å². The highest BCUT2D eigenvalue weighted by atomic mass is 16.3. The summed E-state index contributed by atoms with van der Waals surface area (Å²) in [4.78, 5) is 9.86. The highest BCUT2D eigenvalue weighted by molar-refractivity contribution is 4.67. The summed E-state index contributed by atoms with van der Waals surface area (Å²) in [5.74, 6) is 0. The third-order valence-corrected chi connectivity index (χ3v) is 1.56. The predicted molar refractivity (Wildman–Crippen MR) is 32.6 cm³/mol. The van der Waals surface area contributed by atoms with Crippen LogP contribution in [0, 0.1) is 4.91 Å². The Bertz CT molecular complexity index is 99.1. The summed E-state index contributed by atoms with van der Waals surface area (Å²) in [6, 6.07) is 0. The minimum absolute atomic E-state index is 0.219. The maximum absolute atomic E-state index is 9.86. The van der Waals surface area contributed by atoms with Crippen molar-refractivity contribution in [3.63, 3.8) is 0 Å². The molecule has 1 N–H and O–H groups in total. The van der Waals surface area contributed by atoms with Crippen LogP contribution < -0.4 is 0 Å². The molecule has 0 radical (unpaired) electrons. The van der Waals surface area contributed by atoms with Crippen molar-refractivity contribution in [2.75, 3.05) is 13.1 Å². The molecule has 0 bridgehead atoms. The van der Waals surface area contributed by atoms with Gasteiger partial charge in [-0.3, -0.25) is 5.01 Å². The summed E-state index contributed by atoms with van der Waals surface area (Å²) in [7, 11) is 0. The first-order valence-corrected chi connectivity index (χ1v) is 3.09. The van der Waals surface area contributed by atoms with Crippen LogP contribution in [0.25, 0.3) is 0 Å². The molecule has 0 spiro atoms. The molecule has 1 aliphatic rings. The Hall–Kier alpha value is -0.640. The summed E-state index contributed by atoms with van der Waals surface area (Å²) in [6.07, 6.45) is 1.13. The summed E-state index contributed by atoms with van der Waals surface area (Å²) >= 11 is 0. The SMILES string of the molecule is O=NN1CCC(O)CC1. The van der Waals surface area contributed by atoms with E-state index in [1.165, 1.54) is 5.01 Å². The van der Waals surface area contributed by atoms with E-state index in [9.17, 15) is 4.91 Å². The van der Waals surface area contributed by atoms with Gasteiger partial charge in [-0.05, 0) is 12.8 Å². The van der Waals surface area contributed by atoms with Crippen molar-refractivity contribution in [2.24, 2.45) is 5.29 Å². The number of hydrogen-bond donors (Lipinski definition) is 1. The van der Waals surface area contributed by atoms with E-state index in [4.69, 9.17) is 5.11 Å². The van der Waals surface area contributed by atoms with Crippen LogP contribution in [0.5, 0.6) is 0 Å². The molecule has 9 heavy (non-hydrogen) atoms. The third kappa shape index (κ3) is 1.64. The molecular formula is C5H10N2O2. The molecule has 1 aliphatic heterocycles. The fourth-order valence-electron chi connectivity index (χ4n) is 0.934. The van der Waals surface area contributed by atoms with Crippen LogP contribution in [0.15, 0.2) is 5.29 Å². The lowest BCUT2D eigenvalue weighted by molar-refractivity contribution is 0.0833. The largest absolute Gasteiger partial charge is 0.393 e. The van der Waals surface area contributed by atoms with Crippen molar-refractivity contribution >= 4 is 0 Å². The van der Waals surface area contributed by atoms with Crippen LogP contribution in [-0.4, -0.2) is 29.3 Å². The summed E-state index contributed by atoms with van der Waals surface area (Å²) < 4.78 is 0. The van der Waals surface area contributed by atoms with Crippen LogP contribution in [0.1, 0.15) is 12.8 Å². The molecule has 0 amide bonds. The lowest BCUT2D eigenvalue weighted by Crippen LogP contribution is -2.31. The Balaban J connectivity index is 2.26. The van der Waals surface area contributed by atoms with E-state index in [0.717, 1.165) is 0 Å². The van der Waals surface area contributed by atoms with E-state index < -0.39 is 0 Å². The highest BCUT2D eigenvalue weighted by Gasteiger charge is 2.15. The molecule has 0 atom stereocenters. The molecule has 4 nitrogen and oxygen atoms in total. The molecule has 1 saturated heterocycles. The average molecular weight is 130 g/mol. The van der Waals surface area contributed by atoms with E-state index in [2.05, 4.69) is 5.29 Å². The Morgan fingerprint density at radius 3 is 2.44 bits per heavy atom. The zero-order valence-electron chi connectivity index (χ0n) is 5.16. The Morgan fingerprint density at radius 1 is 1.44 bits per heavy atom. The maximum atomic E-state index is 9.86. The molecule has 1 fully saturated rings. The number of piperidine rings is 1. The molecule has 0 saturated carbocycles. The van der Waals surface area contributed by atoms with Gasteiger partial charge >= 0.3 is 0 Å². The normalized spacial score (nSPS) is 22.1. The molecule has 52 valence electrons. The van der Waals surface area contributed by atoms with Crippen molar-refractivity contribution < 1.29 is 5.11 Å². The van der Waals surface area contributed by atoms with Gasteiger partial charge in [0.25, 0.3) is 0 Å². The molecule has 0 aromatic carbocycles. The quantitative estimate of drug-likeness (QED) is 0.513. The van der Waals surface area contributed by atoms with Crippen LogP contribution in [0.4, 0.5) is 0 Å². The molecular weight excluding hydrogens is 120 g/mol. The number of aliphatic hydroxyl groups is 1. The summed E-state index contributed by atoms with van der Waals surface area (Å²) in [5.41, 5.74) is 0. The Labute approximate surface area is 53.4 Å². The Kier molecular flexibility index (Phi) is 2.00. The second-order valence-corrected chi connectivity index (χ2v) is 2.27. The average Bonchev–Trinajstić information content (AvgIpc) is 1.90. The van der Waals surface area contributed by atoms with Gasteiger partial charge in [0, 0.05) is 13.1 Å². The second-order valence-electron chi connectivity index (χ2n) is 2.27. The van der Waals surface area contributed by atoms with Crippen LogP contribution in [0.3, 0.4) is 0 Å². The zero-order chi connectivity index (χ0) is 6.69. The topological polar surface area (TPSA) is 52.9 Å². The first-order valence-electron chi connectivity index (χ1n) is 3.09. The van der Waals surface area contributed by atoms with Gasteiger partial charge < -0.3 is 5.11 Å². The van der Waals surface area contributed by atoms with Gasteiger partial charge in [-0.25, -0.2) is 0 Å². The molecule has 0 aliphatic carbocycles. The number of aliphatic hydroxyl groups excluding tert-OH is 1. The number of hydrogen-bond acceptors (Lipinski definition) is 3. The Morgan fingerprint density at radius 2 is 2.00 bits per heavy atom. The van der Waals surface area contributed by atoms with Crippen molar-refractivity contribution in [2.45, 2.75) is 18.9 Å². The molecule has 1 rings (SSSR count). The van der Waals surface area contributed by atoms with Crippen molar-refractivity contribution in [3.05, 3.63) is 4.91 Å². The smallest absolute Gasteiger partial charge is 0.0575 e. The van der Waals surface area contributed by atoms with Gasteiger partial charge in [0.05, 0.1) is 11.4 Å². The lowest BCUT2D eigenvalue weighted by atomic mass is 10.1. The third-order valence-electron chi connectivity index (χ3n) is 1.56. The molecule has 0 unspecified atom stereocenters. The predicted octanol–water partition coefficient (Wildman–Crippen LogP) is 0.124. The summed E-state index contributed by atoms with van der Waals surface area (Å²) in [5, 5.41) is 13.1. The fraction of sp³-hybridized carbons (Fsp3) is 1.00. The van der Waals surface area contributed by atoms with E-state index in [0.29, 0.717) is 25.9 Å². The van der Waals surface area contributed by atoms with Gasteiger partial charge in [-0.15, -0.1) is 4.91 Å². The standard InChI is InChI=1S/C5H10N2O2/c8-5-1-3-7(6-9)4-2-5/h5,8H,1-4H2. The van der Waals surface area contributed by atoms with E-state index >= 15 is 0 Å². The van der Waals surface area contributed by atoms with Gasteiger partial charge in [-0.1, -0.05) is 0 Å². The first kappa shape index (κ1) is 6.48. The molecule has 1 heterocycles. The summed E-state index contributed by atoms with van der Waals surface area (Å²) in [6.45, 7) is 1.20. The van der Waals surface area contributed by atoms with Gasteiger partial charge in [-0.2, -0.15) is 0 Å². The van der Waals surface area contributed by atoms with Crippen LogP contribution in [-0.2, 0) is 0 Å². The molecule has 0 aromatic heterocycles. The molecule has 4 heteroatoms. The molecule has 0 aromatic rings. The van der Waals surface area contributed by atoms with Crippen LogP contribution in [0.2, 0.25) is 0 Å². The van der Waals surface area contributed by atoms with E-state index in [-0.39, 0.29) is 6.10 Å². The van der Waals surface area contributed by atoms with Gasteiger partial charge in [0.1, 0.15) is 0 Å². The van der Waals surface area contributed by atoms with Crippen molar-refractivity contribution in [1.82, 2.24) is 5.01 Å². The second kappa shape index (κ2) is 2.77. The van der Waals surface area contributed by atoms with Crippen LogP contribution >= 0.6 is 0 Å². The number of nitroso groups, excluding NO2 is 1. The first-order chi connectivity index (χ1) is 4.33. The number of rotatable bonds is 1. The fourth-order valence-corrected chi connectivity index (χ4v) is 0.934. The van der Waals surface area contributed by atoms with E-state index in [1.54, 1.807) is 0 Å². The monoisotopic (exact) mass is 130 g/mol. The minimum atomic E-state index is -0.219. The van der Waals surface area contributed by atoms with E-state index in [1.807, 2.05) is 0 Å². The minimum Gasteiger partial charge on any atom is -0.393 e. The van der Waals surface area contributed by atoms with Gasteiger partial charge in [0.2, 0.25) is 0 Å². The van der Waals surface area contributed by atoms with Crippen molar-refractivity contribution in [3.8, 4) is 0 Å². The highest BCUT2D eigenvalue weighted by Crippen LogP contribution is 2.08. The number of nitrogens with zero attached hydrogens (tertiary/aromatic N) is 2. The van der Waals surface area contributed by atoms with Gasteiger partial charge in [0.15, 0.2) is 0 Å². The lowest BCUT2D eigenvalue weighted by Gasteiger charge is -2.23.